The highest BCUT2D eigenvalue weighted by Crippen LogP contribution is 2.19. The second-order valence-corrected chi connectivity index (χ2v) is 4.73. The zero-order valence-corrected chi connectivity index (χ0v) is 10.9. The van der Waals surface area contributed by atoms with Crippen LogP contribution >= 0.6 is 12.2 Å². The lowest BCUT2D eigenvalue weighted by Gasteiger charge is -2.06. The summed E-state index contributed by atoms with van der Waals surface area (Å²) in [5.41, 5.74) is 4.70. The topological polar surface area (TPSA) is 33.6 Å². The van der Waals surface area contributed by atoms with Crippen molar-refractivity contribution in [3.05, 3.63) is 58.6 Å². The van der Waals surface area contributed by atoms with Crippen molar-refractivity contribution < 1.29 is 0 Å². The van der Waals surface area contributed by atoms with Crippen LogP contribution in [0.4, 0.5) is 0 Å². The predicted octanol–water partition coefficient (Wildman–Crippen LogP) is 3.45. The van der Waals surface area contributed by atoms with Gasteiger partial charge in [-0.2, -0.15) is 0 Å². The summed E-state index contributed by atoms with van der Waals surface area (Å²) in [6.07, 6.45) is 3.61. The number of imidazole rings is 1. The number of nitrogens with zero attached hydrogens (tertiary/aromatic N) is 2. The van der Waals surface area contributed by atoms with Crippen LogP contribution in [0, 0.1) is 11.7 Å². The summed E-state index contributed by atoms with van der Waals surface area (Å²) in [4.78, 5) is 7.28. The molecule has 1 N–H and O–H groups in total. The minimum absolute atomic E-state index is 0.760. The number of hydrogen-bond donors (Lipinski definition) is 1. The van der Waals surface area contributed by atoms with Gasteiger partial charge < -0.3 is 9.55 Å². The molecule has 18 heavy (non-hydrogen) atoms. The highest BCUT2D eigenvalue weighted by molar-refractivity contribution is 7.71. The highest BCUT2D eigenvalue weighted by Gasteiger charge is 2.06. The molecule has 0 saturated heterocycles. The van der Waals surface area contributed by atoms with Crippen molar-refractivity contribution in [2.24, 2.45) is 0 Å². The van der Waals surface area contributed by atoms with E-state index in [1.165, 1.54) is 16.6 Å². The molecule has 3 rings (SSSR count). The molecule has 2 aromatic heterocycles. The van der Waals surface area contributed by atoms with E-state index in [4.69, 9.17) is 12.2 Å². The SMILES string of the molecule is Cc1cccc2[nH]c(=S)n(Cc3ccncc3)c12. The average molecular weight is 255 g/mol. The van der Waals surface area contributed by atoms with Crippen molar-refractivity contribution in [2.75, 3.05) is 0 Å². The van der Waals surface area contributed by atoms with Gasteiger partial charge in [-0.15, -0.1) is 0 Å². The van der Waals surface area contributed by atoms with Crippen molar-refractivity contribution in [3.8, 4) is 0 Å². The van der Waals surface area contributed by atoms with Crippen LogP contribution in [0.5, 0.6) is 0 Å². The van der Waals surface area contributed by atoms with Gasteiger partial charge in [-0.25, -0.2) is 0 Å². The fourth-order valence-electron chi connectivity index (χ4n) is 2.22. The first-order valence-electron chi connectivity index (χ1n) is 5.83. The van der Waals surface area contributed by atoms with Gasteiger partial charge in [0.15, 0.2) is 4.77 Å². The number of aromatic amines is 1. The van der Waals surface area contributed by atoms with E-state index in [0.717, 1.165) is 16.8 Å². The number of fused-ring (bicyclic) bond motifs is 1. The van der Waals surface area contributed by atoms with Crippen LogP contribution in [0.1, 0.15) is 11.1 Å². The minimum Gasteiger partial charge on any atom is -0.331 e. The summed E-state index contributed by atoms with van der Waals surface area (Å²) >= 11 is 5.40. The van der Waals surface area contributed by atoms with Crippen molar-refractivity contribution >= 4 is 23.3 Å². The summed E-state index contributed by atoms with van der Waals surface area (Å²) in [6, 6.07) is 10.2. The van der Waals surface area contributed by atoms with E-state index >= 15 is 0 Å². The maximum atomic E-state index is 5.40. The zero-order valence-electron chi connectivity index (χ0n) is 10.1. The molecule has 0 bridgehead atoms. The maximum absolute atomic E-state index is 5.40. The monoisotopic (exact) mass is 255 g/mol. The molecular formula is C14H13N3S. The third kappa shape index (κ3) is 1.84. The van der Waals surface area contributed by atoms with Crippen molar-refractivity contribution in [3.63, 3.8) is 0 Å². The van der Waals surface area contributed by atoms with Gasteiger partial charge in [0.1, 0.15) is 0 Å². The van der Waals surface area contributed by atoms with Gasteiger partial charge in [-0.3, -0.25) is 4.98 Å². The van der Waals surface area contributed by atoms with Crippen LogP contribution in [0.2, 0.25) is 0 Å². The molecule has 4 heteroatoms. The molecule has 0 aliphatic heterocycles. The second-order valence-electron chi connectivity index (χ2n) is 4.34. The van der Waals surface area contributed by atoms with E-state index < -0.39 is 0 Å². The van der Waals surface area contributed by atoms with Crippen molar-refractivity contribution in [1.29, 1.82) is 0 Å². The van der Waals surface area contributed by atoms with Crippen LogP contribution in [0.3, 0.4) is 0 Å². The standard InChI is InChI=1S/C14H13N3S/c1-10-3-2-4-12-13(10)17(14(18)16-12)9-11-5-7-15-8-6-11/h2-8H,9H2,1H3,(H,16,18). The molecule has 0 aliphatic rings. The number of aryl methyl sites for hydroxylation is 1. The largest absolute Gasteiger partial charge is 0.331 e. The number of benzene rings is 1. The molecular weight excluding hydrogens is 242 g/mol. The number of para-hydroxylation sites is 1. The van der Waals surface area contributed by atoms with Crippen LogP contribution in [-0.4, -0.2) is 14.5 Å². The molecule has 0 unspecified atom stereocenters. The number of hydrogen-bond acceptors (Lipinski definition) is 2. The highest BCUT2D eigenvalue weighted by atomic mass is 32.1. The van der Waals surface area contributed by atoms with Crippen LogP contribution in [0.25, 0.3) is 11.0 Å². The molecule has 0 fully saturated rings. The Kier molecular flexibility index (Phi) is 2.72. The fourth-order valence-corrected chi connectivity index (χ4v) is 2.49. The van der Waals surface area contributed by atoms with Gasteiger partial charge in [0.2, 0.25) is 0 Å². The minimum atomic E-state index is 0.760. The van der Waals surface area contributed by atoms with Crippen molar-refractivity contribution in [1.82, 2.24) is 14.5 Å². The molecule has 3 nitrogen and oxygen atoms in total. The summed E-state index contributed by atoms with van der Waals surface area (Å²) in [5, 5.41) is 0. The normalized spacial score (nSPS) is 10.9. The third-order valence-electron chi connectivity index (χ3n) is 3.08. The maximum Gasteiger partial charge on any atom is 0.178 e. The first-order chi connectivity index (χ1) is 8.75. The molecule has 2 heterocycles. The summed E-state index contributed by atoms with van der Waals surface area (Å²) in [6.45, 7) is 2.88. The van der Waals surface area contributed by atoms with E-state index in [1.54, 1.807) is 12.4 Å². The Morgan fingerprint density at radius 1 is 1.22 bits per heavy atom. The quantitative estimate of drug-likeness (QED) is 0.712. The average Bonchev–Trinajstić information content (AvgIpc) is 2.69. The lowest BCUT2D eigenvalue weighted by atomic mass is 10.2. The van der Waals surface area contributed by atoms with Gasteiger partial charge in [-0.1, -0.05) is 12.1 Å². The second kappa shape index (κ2) is 4.38. The Labute approximate surface area is 110 Å². The van der Waals surface area contributed by atoms with E-state index in [1.807, 2.05) is 18.2 Å². The first-order valence-corrected chi connectivity index (χ1v) is 6.23. The molecule has 0 spiro atoms. The Balaban J connectivity index is 2.17. The van der Waals surface area contributed by atoms with Gasteiger partial charge >= 0.3 is 0 Å². The number of rotatable bonds is 2. The van der Waals surface area contributed by atoms with Crippen molar-refractivity contribution in [2.45, 2.75) is 13.5 Å². The number of nitrogens with one attached hydrogen (secondary N) is 1. The Morgan fingerprint density at radius 2 is 2.00 bits per heavy atom. The smallest absolute Gasteiger partial charge is 0.178 e. The van der Waals surface area contributed by atoms with Gasteiger partial charge in [0.05, 0.1) is 17.6 Å². The van der Waals surface area contributed by atoms with Gasteiger partial charge in [-0.05, 0) is 48.5 Å². The van der Waals surface area contributed by atoms with Crippen LogP contribution in [0.15, 0.2) is 42.7 Å². The molecule has 0 amide bonds. The summed E-state index contributed by atoms with van der Waals surface area (Å²) < 4.78 is 2.89. The van der Waals surface area contributed by atoms with Crippen LogP contribution in [-0.2, 0) is 6.54 Å². The molecule has 3 aromatic rings. The molecule has 1 aromatic carbocycles. The Bertz CT molecular complexity index is 741. The Morgan fingerprint density at radius 3 is 2.78 bits per heavy atom. The van der Waals surface area contributed by atoms with E-state index in [2.05, 4.69) is 33.6 Å². The van der Waals surface area contributed by atoms with Crippen LogP contribution < -0.4 is 0 Å². The zero-order chi connectivity index (χ0) is 12.5. The molecule has 90 valence electrons. The fraction of sp³-hybridized carbons (Fsp3) is 0.143. The number of pyridine rings is 1. The number of aromatic nitrogens is 3. The molecule has 0 radical (unpaired) electrons. The van der Waals surface area contributed by atoms with Gasteiger partial charge in [0.25, 0.3) is 0 Å². The Hall–Kier alpha value is -1.94. The first kappa shape index (κ1) is 11.2. The van der Waals surface area contributed by atoms with E-state index in [-0.39, 0.29) is 0 Å². The lowest BCUT2D eigenvalue weighted by Crippen LogP contribution is -2.00. The molecule has 0 saturated carbocycles. The predicted molar refractivity (Wildman–Crippen MR) is 75.2 cm³/mol. The van der Waals surface area contributed by atoms with E-state index in [9.17, 15) is 0 Å². The molecule has 0 atom stereocenters. The lowest BCUT2D eigenvalue weighted by molar-refractivity contribution is 0.806. The number of H-pyrrole nitrogens is 1. The van der Waals surface area contributed by atoms with E-state index in [0.29, 0.717) is 0 Å². The summed E-state index contributed by atoms with van der Waals surface area (Å²) in [5.74, 6) is 0. The summed E-state index contributed by atoms with van der Waals surface area (Å²) in [7, 11) is 0. The molecule has 0 aliphatic carbocycles. The third-order valence-corrected chi connectivity index (χ3v) is 3.41. The van der Waals surface area contributed by atoms with Gasteiger partial charge in [0, 0.05) is 12.4 Å².